The minimum absolute atomic E-state index is 0.155. The number of aromatic nitrogens is 3. The average Bonchev–Trinajstić information content (AvgIpc) is 2.98. The summed E-state index contributed by atoms with van der Waals surface area (Å²) >= 11 is 0. The molecule has 0 radical (unpaired) electrons. The van der Waals surface area contributed by atoms with E-state index in [2.05, 4.69) is 20.3 Å². The lowest BCUT2D eigenvalue weighted by atomic mass is 10.1. The van der Waals surface area contributed by atoms with Crippen LogP contribution in [0.4, 0.5) is 0 Å². The zero-order valence-electron chi connectivity index (χ0n) is 12.2. The van der Waals surface area contributed by atoms with Gasteiger partial charge >= 0.3 is 5.97 Å². The second kappa shape index (κ2) is 6.71. The maximum absolute atomic E-state index is 12.3. The Morgan fingerprint density at radius 2 is 2.39 bits per heavy atom. The van der Waals surface area contributed by atoms with E-state index in [-0.39, 0.29) is 24.4 Å². The van der Waals surface area contributed by atoms with Crippen molar-refractivity contribution >= 4 is 23.0 Å². The summed E-state index contributed by atoms with van der Waals surface area (Å²) in [7, 11) is 0. The summed E-state index contributed by atoms with van der Waals surface area (Å²) in [5.41, 5.74) is 1.13. The summed E-state index contributed by atoms with van der Waals surface area (Å²) in [5, 5.41) is 11.5. The highest BCUT2D eigenvalue weighted by atomic mass is 16.5. The van der Waals surface area contributed by atoms with Gasteiger partial charge in [-0.25, -0.2) is 14.8 Å². The van der Waals surface area contributed by atoms with Crippen molar-refractivity contribution < 1.29 is 24.2 Å². The van der Waals surface area contributed by atoms with Crippen molar-refractivity contribution in [2.24, 2.45) is 0 Å². The summed E-state index contributed by atoms with van der Waals surface area (Å²) in [6.45, 7) is 0.272. The molecule has 23 heavy (non-hydrogen) atoms. The number of fused-ring (bicyclic) bond motifs is 1. The average molecular weight is 320 g/mol. The molecule has 1 aliphatic rings. The predicted molar refractivity (Wildman–Crippen MR) is 78.0 cm³/mol. The number of hydrogen-bond donors (Lipinski definition) is 3. The Hall–Kier alpha value is -2.52. The minimum Gasteiger partial charge on any atom is -0.480 e. The fraction of sp³-hybridized carbons (Fsp3) is 0.429. The van der Waals surface area contributed by atoms with E-state index in [4.69, 9.17) is 14.6 Å². The number of nitrogens with zero attached hydrogens (tertiary/aromatic N) is 2. The van der Waals surface area contributed by atoms with Gasteiger partial charge in [0.15, 0.2) is 11.5 Å². The smallest absolute Gasteiger partial charge is 0.329 e. The zero-order valence-corrected chi connectivity index (χ0v) is 12.2. The molecule has 9 heteroatoms. The number of imidazole rings is 1. The van der Waals surface area contributed by atoms with E-state index >= 15 is 0 Å². The summed E-state index contributed by atoms with van der Waals surface area (Å²) in [6, 6.07) is 3.19. The van der Waals surface area contributed by atoms with Gasteiger partial charge in [0.2, 0.25) is 0 Å². The number of aliphatic carboxylic acids is 1. The van der Waals surface area contributed by atoms with Crippen LogP contribution in [0.1, 0.15) is 17.0 Å². The van der Waals surface area contributed by atoms with Gasteiger partial charge in [0.05, 0.1) is 18.2 Å². The summed E-state index contributed by atoms with van der Waals surface area (Å²) in [4.78, 5) is 34.0. The molecule has 0 aromatic carbocycles. The van der Waals surface area contributed by atoms with Crippen LogP contribution < -0.4 is 5.32 Å². The number of ether oxygens (including phenoxy) is 2. The molecule has 1 aliphatic heterocycles. The first-order chi connectivity index (χ1) is 11.1. The largest absolute Gasteiger partial charge is 0.480 e. The van der Waals surface area contributed by atoms with Crippen LogP contribution >= 0.6 is 0 Å². The van der Waals surface area contributed by atoms with Gasteiger partial charge in [-0.2, -0.15) is 0 Å². The number of H-pyrrole nitrogens is 1. The van der Waals surface area contributed by atoms with Crippen molar-refractivity contribution in [2.45, 2.75) is 18.6 Å². The fourth-order valence-corrected chi connectivity index (χ4v) is 2.41. The van der Waals surface area contributed by atoms with Gasteiger partial charge in [-0.05, 0) is 18.6 Å². The highest BCUT2D eigenvalue weighted by Crippen LogP contribution is 2.13. The van der Waals surface area contributed by atoms with Crippen LogP contribution in [0, 0.1) is 0 Å². The summed E-state index contributed by atoms with van der Waals surface area (Å²) in [6.07, 6.45) is 1.62. The number of carbonyl (C=O) groups is 2. The van der Waals surface area contributed by atoms with Gasteiger partial charge < -0.3 is 24.9 Å². The highest BCUT2D eigenvalue weighted by Gasteiger charge is 2.29. The molecule has 9 nitrogen and oxygen atoms in total. The third kappa shape index (κ3) is 3.63. The van der Waals surface area contributed by atoms with Crippen LogP contribution in [0.25, 0.3) is 11.2 Å². The molecule has 3 heterocycles. The van der Waals surface area contributed by atoms with Crippen molar-refractivity contribution in [1.29, 1.82) is 0 Å². The van der Waals surface area contributed by atoms with E-state index in [0.29, 0.717) is 24.2 Å². The lowest BCUT2D eigenvalue weighted by Gasteiger charge is -2.31. The molecule has 2 aromatic rings. The van der Waals surface area contributed by atoms with Crippen LogP contribution in [0.15, 0.2) is 18.3 Å². The quantitative estimate of drug-likeness (QED) is 0.704. The van der Waals surface area contributed by atoms with Gasteiger partial charge in [-0.15, -0.1) is 0 Å². The topological polar surface area (TPSA) is 126 Å². The number of nitrogens with one attached hydrogen (secondary N) is 2. The Morgan fingerprint density at radius 1 is 1.52 bits per heavy atom. The highest BCUT2D eigenvalue weighted by molar-refractivity contribution is 5.93. The van der Waals surface area contributed by atoms with Gasteiger partial charge in [0.1, 0.15) is 12.7 Å². The maximum atomic E-state index is 12.3. The Bertz CT molecular complexity index is 683. The number of carbonyl (C=O) groups excluding carboxylic acids is 1. The van der Waals surface area contributed by atoms with Crippen LogP contribution in [0.2, 0.25) is 0 Å². The molecule has 3 N–H and O–H groups in total. The number of amides is 1. The second-order valence-corrected chi connectivity index (χ2v) is 5.15. The predicted octanol–water partition coefficient (Wildman–Crippen LogP) is -0.0536. The molecule has 2 atom stereocenters. The minimum atomic E-state index is -1.07. The number of pyridine rings is 1. The number of rotatable bonds is 5. The Morgan fingerprint density at radius 3 is 3.17 bits per heavy atom. The first-order valence-electron chi connectivity index (χ1n) is 7.16. The SMILES string of the molecule is O=C(O)CO[C@@H]1COCC[C@H]1NC(=O)c1nc2ncccc2[nH]1. The molecule has 122 valence electrons. The van der Waals surface area contributed by atoms with Crippen molar-refractivity contribution in [3.63, 3.8) is 0 Å². The first-order valence-corrected chi connectivity index (χ1v) is 7.16. The third-order valence-electron chi connectivity index (χ3n) is 3.51. The normalized spacial score (nSPS) is 21.2. The number of carboxylic acid groups (broad SMARTS) is 1. The second-order valence-electron chi connectivity index (χ2n) is 5.15. The lowest BCUT2D eigenvalue weighted by Crippen LogP contribution is -2.50. The van der Waals surface area contributed by atoms with Gasteiger partial charge in [0.25, 0.3) is 5.91 Å². The molecule has 3 rings (SSSR count). The van der Waals surface area contributed by atoms with Crippen LogP contribution in [0.3, 0.4) is 0 Å². The van der Waals surface area contributed by atoms with E-state index in [9.17, 15) is 9.59 Å². The van der Waals surface area contributed by atoms with E-state index in [0.717, 1.165) is 0 Å². The van der Waals surface area contributed by atoms with E-state index < -0.39 is 18.7 Å². The van der Waals surface area contributed by atoms with Gasteiger partial charge in [-0.3, -0.25) is 4.79 Å². The standard InChI is InChI=1S/C14H16N4O5/c19-11(20)7-23-10-6-22-5-3-8(10)17-14(21)13-16-9-2-1-4-15-12(9)18-13/h1-2,4,8,10H,3,5-7H2,(H,17,21)(H,19,20)(H,15,16,18)/t8-,10-/m1/s1. The number of hydrogen-bond acceptors (Lipinski definition) is 6. The van der Waals surface area contributed by atoms with E-state index in [1.807, 2.05) is 0 Å². The van der Waals surface area contributed by atoms with E-state index in [1.54, 1.807) is 18.3 Å². The van der Waals surface area contributed by atoms with Crippen LogP contribution in [-0.4, -0.2) is 63.9 Å². The van der Waals surface area contributed by atoms with Crippen molar-refractivity contribution in [3.05, 3.63) is 24.2 Å². The maximum Gasteiger partial charge on any atom is 0.329 e. The summed E-state index contributed by atoms with van der Waals surface area (Å²) in [5.74, 6) is -1.30. The Labute approximate surface area is 131 Å². The molecular formula is C14H16N4O5. The fourth-order valence-electron chi connectivity index (χ4n) is 2.41. The number of carboxylic acids is 1. The lowest BCUT2D eigenvalue weighted by molar-refractivity contribution is -0.148. The molecule has 1 amide bonds. The molecule has 0 unspecified atom stereocenters. The van der Waals surface area contributed by atoms with Crippen molar-refractivity contribution in [2.75, 3.05) is 19.8 Å². The van der Waals surface area contributed by atoms with Crippen molar-refractivity contribution in [3.8, 4) is 0 Å². The molecular weight excluding hydrogens is 304 g/mol. The Kier molecular flexibility index (Phi) is 4.49. The first kappa shape index (κ1) is 15.4. The molecule has 0 bridgehead atoms. The third-order valence-corrected chi connectivity index (χ3v) is 3.51. The monoisotopic (exact) mass is 320 g/mol. The van der Waals surface area contributed by atoms with Crippen LogP contribution in [0.5, 0.6) is 0 Å². The molecule has 0 aliphatic carbocycles. The zero-order chi connectivity index (χ0) is 16.2. The molecule has 1 fully saturated rings. The molecule has 1 saturated heterocycles. The molecule has 2 aromatic heterocycles. The van der Waals surface area contributed by atoms with Crippen molar-refractivity contribution in [1.82, 2.24) is 20.3 Å². The number of aromatic amines is 1. The van der Waals surface area contributed by atoms with Gasteiger partial charge in [0, 0.05) is 12.8 Å². The molecule has 0 spiro atoms. The van der Waals surface area contributed by atoms with E-state index in [1.165, 1.54) is 0 Å². The molecule has 0 saturated carbocycles. The van der Waals surface area contributed by atoms with Crippen LogP contribution in [-0.2, 0) is 14.3 Å². The van der Waals surface area contributed by atoms with Gasteiger partial charge in [-0.1, -0.05) is 0 Å². The Balaban J connectivity index is 1.68. The summed E-state index contributed by atoms with van der Waals surface area (Å²) < 4.78 is 10.5.